The van der Waals surface area contributed by atoms with Gasteiger partial charge < -0.3 is 9.32 Å². The maximum Gasteiger partial charge on any atom is 0.135 e. The zero-order valence-electron chi connectivity index (χ0n) is 33.4. The van der Waals surface area contributed by atoms with E-state index in [-0.39, 0.29) is 10.8 Å². The number of furan rings is 1. The van der Waals surface area contributed by atoms with Crippen molar-refractivity contribution in [2.24, 2.45) is 47.3 Å². The van der Waals surface area contributed by atoms with Gasteiger partial charge in [-0.2, -0.15) is 0 Å². The molecule has 0 aliphatic heterocycles. The van der Waals surface area contributed by atoms with E-state index in [1.54, 1.807) is 27.8 Å². The van der Waals surface area contributed by atoms with Gasteiger partial charge in [-0.3, -0.25) is 0 Å². The fourth-order valence-electron chi connectivity index (χ4n) is 17.3. The second kappa shape index (κ2) is 11.1. The highest BCUT2D eigenvalue weighted by Crippen LogP contribution is 2.71. The summed E-state index contributed by atoms with van der Waals surface area (Å²) in [4.78, 5) is 2.67. The van der Waals surface area contributed by atoms with Crippen molar-refractivity contribution in [2.45, 2.75) is 87.9 Å². The molecule has 286 valence electrons. The monoisotopic (exact) mass is 753 g/mol. The zero-order chi connectivity index (χ0) is 37.5. The first-order valence-electron chi connectivity index (χ1n) is 23.1. The van der Waals surface area contributed by atoms with Gasteiger partial charge in [0.15, 0.2) is 0 Å². The van der Waals surface area contributed by atoms with E-state index in [4.69, 9.17) is 4.42 Å². The van der Waals surface area contributed by atoms with Gasteiger partial charge in [0.2, 0.25) is 0 Å². The van der Waals surface area contributed by atoms with Crippen molar-refractivity contribution in [1.82, 2.24) is 0 Å². The van der Waals surface area contributed by atoms with E-state index in [1.807, 2.05) is 0 Å². The van der Waals surface area contributed by atoms with Crippen molar-refractivity contribution in [2.75, 3.05) is 4.90 Å². The fraction of sp³-hybridized carbons (Fsp3) is 0.393. The molecular weight excluding hydrogens is 703 g/mol. The standard InChI is InChI=1S/C56H51NO/c1-4-10-49-43(7-1)46-29-40(13-16-51(46)55(49)36-21-32-19-33(23-36)24-37(55)22-32)57(42-15-18-54-48(31-42)45-9-3-6-12-53(45)58-54)41-14-17-52-47(30-41)44-8-2-5-11-50(44)56(52)38-25-34-20-35(27-38)28-39(56)26-34/h1-13,15-16,18,29-39H,14,17,19-28H2. The molecule has 58 heavy (non-hydrogen) atoms. The van der Waals surface area contributed by atoms with Gasteiger partial charge in [0.25, 0.3) is 0 Å². The third-order valence-electron chi connectivity index (χ3n) is 18.6. The van der Waals surface area contributed by atoms with Crippen molar-refractivity contribution in [3.8, 4) is 11.1 Å². The van der Waals surface area contributed by atoms with Gasteiger partial charge in [0.05, 0.1) is 0 Å². The molecule has 0 amide bonds. The predicted octanol–water partition coefficient (Wildman–Crippen LogP) is 14.3. The van der Waals surface area contributed by atoms with Gasteiger partial charge in [0.1, 0.15) is 11.2 Å². The molecule has 0 N–H and O–H groups in total. The number of fused-ring (bicyclic) bond motifs is 8. The number of hydrogen-bond donors (Lipinski definition) is 0. The van der Waals surface area contributed by atoms with Crippen LogP contribution in [-0.4, -0.2) is 0 Å². The quantitative estimate of drug-likeness (QED) is 0.179. The SMILES string of the molecule is C1=C(N(c2ccc3c(c2)-c2ccccc2C32C3CC4CC(C3)CC2C4)c2ccc3oc4ccccc4c3c2)CCC2=C1c1ccccc1C21C2CC3CC(C2)CC1C3. The molecule has 0 saturated heterocycles. The molecule has 0 atom stereocenters. The summed E-state index contributed by atoms with van der Waals surface area (Å²) in [6.07, 6.45) is 19.4. The Morgan fingerprint density at radius 2 is 1.00 bits per heavy atom. The molecule has 8 fully saturated rings. The van der Waals surface area contributed by atoms with Crippen LogP contribution in [0.5, 0.6) is 0 Å². The second-order valence-electron chi connectivity index (χ2n) is 20.8. The summed E-state index contributed by atoms with van der Waals surface area (Å²) in [5.74, 6) is 7.00. The maximum atomic E-state index is 6.41. The van der Waals surface area contributed by atoms with Crippen molar-refractivity contribution < 1.29 is 4.42 Å². The lowest BCUT2D eigenvalue weighted by atomic mass is 9.42. The van der Waals surface area contributed by atoms with Gasteiger partial charge in [-0.05, 0) is 206 Å². The zero-order valence-corrected chi connectivity index (χ0v) is 33.4. The summed E-state index contributed by atoms with van der Waals surface area (Å²) in [6, 6.07) is 42.7. The first kappa shape index (κ1) is 32.1. The fourth-order valence-corrected chi connectivity index (χ4v) is 17.3. The van der Waals surface area contributed by atoms with E-state index >= 15 is 0 Å². The smallest absolute Gasteiger partial charge is 0.135 e. The molecule has 1 heterocycles. The van der Waals surface area contributed by atoms with E-state index in [0.717, 1.165) is 71.4 Å². The summed E-state index contributed by atoms with van der Waals surface area (Å²) >= 11 is 0. The molecule has 8 bridgehead atoms. The van der Waals surface area contributed by atoms with E-state index in [9.17, 15) is 0 Å². The first-order valence-corrected chi connectivity index (χ1v) is 23.1. The Labute approximate surface area is 342 Å². The second-order valence-corrected chi connectivity index (χ2v) is 20.8. The third kappa shape index (κ3) is 3.84. The maximum absolute atomic E-state index is 6.41. The molecule has 2 heteroatoms. The van der Waals surface area contributed by atoms with Crippen molar-refractivity contribution in [3.05, 3.63) is 149 Å². The van der Waals surface area contributed by atoms with Crippen molar-refractivity contribution in [3.63, 3.8) is 0 Å². The van der Waals surface area contributed by atoms with E-state index in [1.165, 1.54) is 109 Å². The first-order chi connectivity index (χ1) is 28.6. The van der Waals surface area contributed by atoms with Gasteiger partial charge in [0, 0.05) is 38.7 Å². The van der Waals surface area contributed by atoms with Crippen LogP contribution >= 0.6 is 0 Å². The van der Waals surface area contributed by atoms with Gasteiger partial charge in [-0.15, -0.1) is 0 Å². The number of anilines is 2. The van der Waals surface area contributed by atoms with Crippen LogP contribution in [-0.2, 0) is 10.8 Å². The number of rotatable bonds is 3. The van der Waals surface area contributed by atoms with Crippen molar-refractivity contribution >= 4 is 38.9 Å². The molecule has 0 radical (unpaired) electrons. The minimum atomic E-state index is 0.182. The minimum absolute atomic E-state index is 0.182. The predicted molar refractivity (Wildman–Crippen MR) is 235 cm³/mol. The van der Waals surface area contributed by atoms with Crippen LogP contribution in [0, 0.1) is 47.3 Å². The highest BCUT2D eigenvalue weighted by atomic mass is 16.3. The lowest BCUT2D eigenvalue weighted by Gasteiger charge is -2.62. The molecule has 6 aromatic rings. The molecule has 11 aliphatic rings. The molecule has 17 rings (SSSR count). The Balaban J connectivity index is 0.937. The van der Waals surface area contributed by atoms with Crippen LogP contribution in [0.2, 0.25) is 0 Å². The molecule has 0 unspecified atom stereocenters. The number of benzene rings is 5. The topological polar surface area (TPSA) is 16.4 Å². The highest BCUT2D eigenvalue weighted by Gasteiger charge is 2.63. The van der Waals surface area contributed by atoms with Crippen LogP contribution in [0.4, 0.5) is 11.4 Å². The normalized spacial score (nSPS) is 35.3. The Morgan fingerprint density at radius 3 is 1.72 bits per heavy atom. The van der Waals surface area contributed by atoms with Crippen LogP contribution in [0.1, 0.15) is 99.3 Å². The average molecular weight is 754 g/mol. The van der Waals surface area contributed by atoms with E-state index < -0.39 is 0 Å². The lowest BCUT2D eigenvalue weighted by molar-refractivity contribution is -0.0434. The van der Waals surface area contributed by atoms with Crippen molar-refractivity contribution in [1.29, 1.82) is 0 Å². The Morgan fingerprint density at radius 1 is 0.448 bits per heavy atom. The summed E-state index contributed by atoms with van der Waals surface area (Å²) in [5.41, 5.74) is 19.2. The Kier molecular flexibility index (Phi) is 6.12. The van der Waals surface area contributed by atoms with E-state index in [2.05, 4.69) is 120 Å². The highest BCUT2D eigenvalue weighted by molar-refractivity contribution is 6.06. The van der Waals surface area contributed by atoms with Gasteiger partial charge in [-0.25, -0.2) is 0 Å². The van der Waals surface area contributed by atoms with Gasteiger partial charge in [-0.1, -0.05) is 78.4 Å². The summed E-state index contributed by atoms with van der Waals surface area (Å²) in [7, 11) is 0. The summed E-state index contributed by atoms with van der Waals surface area (Å²) in [5, 5.41) is 2.40. The molecule has 5 aromatic carbocycles. The largest absolute Gasteiger partial charge is 0.456 e. The molecular formula is C56H51NO. The summed E-state index contributed by atoms with van der Waals surface area (Å²) < 4.78 is 6.41. The van der Waals surface area contributed by atoms with E-state index in [0.29, 0.717) is 0 Å². The molecule has 1 aromatic heterocycles. The lowest BCUT2D eigenvalue weighted by Crippen LogP contribution is -2.55. The summed E-state index contributed by atoms with van der Waals surface area (Å²) in [6.45, 7) is 0. The van der Waals surface area contributed by atoms with Crippen LogP contribution < -0.4 is 4.90 Å². The van der Waals surface area contributed by atoms with Gasteiger partial charge >= 0.3 is 0 Å². The Bertz CT molecular complexity index is 2790. The number of hydrogen-bond acceptors (Lipinski definition) is 2. The third-order valence-corrected chi connectivity index (χ3v) is 18.6. The van der Waals surface area contributed by atoms with Crippen LogP contribution in [0.15, 0.2) is 131 Å². The molecule has 2 spiro atoms. The van der Waals surface area contributed by atoms with Crippen LogP contribution in [0.25, 0.3) is 38.6 Å². The van der Waals surface area contributed by atoms with Crippen LogP contribution in [0.3, 0.4) is 0 Å². The minimum Gasteiger partial charge on any atom is -0.456 e. The number of nitrogens with zero attached hydrogens (tertiary/aromatic N) is 1. The Hall–Kier alpha value is -4.82. The molecule has 11 aliphatic carbocycles. The molecule has 2 nitrogen and oxygen atoms in total. The number of para-hydroxylation sites is 1. The average Bonchev–Trinajstić information content (AvgIpc) is 3.86. The molecule has 8 saturated carbocycles. The number of allylic oxidation sites excluding steroid dienone is 4.